The van der Waals surface area contributed by atoms with Crippen molar-refractivity contribution in [2.45, 2.75) is 6.92 Å². The average Bonchev–Trinajstić information content (AvgIpc) is 2.04. The quantitative estimate of drug-likeness (QED) is 0.621. The van der Waals surface area contributed by atoms with Gasteiger partial charge in [0, 0.05) is 0 Å². The van der Waals surface area contributed by atoms with Gasteiger partial charge in [0.15, 0.2) is 0 Å². The summed E-state index contributed by atoms with van der Waals surface area (Å²) in [5, 5.41) is 7.80. The average molecular weight is 180 g/mol. The predicted octanol–water partition coefficient (Wildman–Crippen LogP) is 1.99. The summed E-state index contributed by atoms with van der Waals surface area (Å²) in [7, 11) is 0. The molecule has 1 heterocycles. The van der Waals surface area contributed by atoms with Crippen LogP contribution in [0.5, 0.6) is 0 Å². The molecular formula is C8H6ClN3. The van der Waals surface area contributed by atoms with Gasteiger partial charge in [-0.1, -0.05) is 12.1 Å². The molecule has 0 atom stereocenters. The SMILES string of the molecule is Cc1cccc2nc(Cl)nnc12. The van der Waals surface area contributed by atoms with Crippen LogP contribution in [0.2, 0.25) is 5.28 Å². The van der Waals surface area contributed by atoms with Gasteiger partial charge in [-0.15, -0.1) is 10.2 Å². The molecule has 0 saturated carbocycles. The number of aromatic nitrogens is 3. The first-order valence-corrected chi connectivity index (χ1v) is 3.91. The fourth-order valence-corrected chi connectivity index (χ4v) is 1.21. The fraction of sp³-hybridized carbons (Fsp3) is 0.125. The molecule has 3 nitrogen and oxygen atoms in total. The molecule has 0 aliphatic heterocycles. The molecule has 12 heavy (non-hydrogen) atoms. The van der Waals surface area contributed by atoms with Gasteiger partial charge in [-0.2, -0.15) is 0 Å². The molecule has 0 saturated heterocycles. The van der Waals surface area contributed by atoms with Crippen molar-refractivity contribution in [3.63, 3.8) is 0 Å². The number of nitrogens with zero attached hydrogens (tertiary/aromatic N) is 3. The zero-order valence-corrected chi connectivity index (χ0v) is 7.21. The Morgan fingerprint density at radius 2 is 2.08 bits per heavy atom. The Kier molecular flexibility index (Phi) is 1.66. The molecule has 0 aliphatic carbocycles. The maximum absolute atomic E-state index is 5.59. The third kappa shape index (κ3) is 1.12. The van der Waals surface area contributed by atoms with Crippen LogP contribution in [-0.4, -0.2) is 15.2 Å². The molecule has 0 radical (unpaired) electrons. The van der Waals surface area contributed by atoms with Crippen LogP contribution in [0.15, 0.2) is 18.2 Å². The van der Waals surface area contributed by atoms with Gasteiger partial charge in [0.1, 0.15) is 5.52 Å². The Bertz CT molecular complexity index is 428. The van der Waals surface area contributed by atoms with E-state index < -0.39 is 0 Å². The summed E-state index contributed by atoms with van der Waals surface area (Å²) in [6.07, 6.45) is 0. The van der Waals surface area contributed by atoms with Crippen molar-refractivity contribution in [1.29, 1.82) is 0 Å². The highest BCUT2D eigenvalue weighted by molar-refractivity contribution is 6.28. The second kappa shape index (κ2) is 2.68. The van der Waals surface area contributed by atoms with Gasteiger partial charge >= 0.3 is 0 Å². The minimum Gasteiger partial charge on any atom is -0.215 e. The van der Waals surface area contributed by atoms with E-state index in [0.29, 0.717) is 0 Å². The zero-order valence-electron chi connectivity index (χ0n) is 6.45. The number of fused-ring (bicyclic) bond motifs is 1. The summed E-state index contributed by atoms with van der Waals surface area (Å²) in [6, 6.07) is 5.75. The van der Waals surface area contributed by atoms with E-state index in [9.17, 15) is 0 Å². The van der Waals surface area contributed by atoms with Crippen LogP contribution in [0.3, 0.4) is 0 Å². The summed E-state index contributed by atoms with van der Waals surface area (Å²) in [6.45, 7) is 1.96. The van der Waals surface area contributed by atoms with Crippen molar-refractivity contribution in [1.82, 2.24) is 15.2 Å². The lowest BCUT2D eigenvalue weighted by atomic mass is 10.2. The maximum Gasteiger partial charge on any atom is 0.243 e. The summed E-state index contributed by atoms with van der Waals surface area (Å²) in [4.78, 5) is 4.03. The highest BCUT2D eigenvalue weighted by atomic mass is 35.5. The number of halogens is 1. The van der Waals surface area contributed by atoms with Crippen LogP contribution in [0.25, 0.3) is 11.0 Å². The lowest BCUT2D eigenvalue weighted by Crippen LogP contribution is -1.90. The van der Waals surface area contributed by atoms with Crippen molar-refractivity contribution >= 4 is 22.6 Å². The van der Waals surface area contributed by atoms with Crippen LogP contribution in [0.1, 0.15) is 5.56 Å². The molecule has 0 N–H and O–H groups in total. The molecule has 0 bridgehead atoms. The number of rotatable bonds is 0. The van der Waals surface area contributed by atoms with Gasteiger partial charge in [-0.05, 0) is 30.2 Å². The normalized spacial score (nSPS) is 10.5. The standard InChI is InChI=1S/C8H6ClN3/c1-5-3-2-4-6-7(5)11-12-8(9)10-6/h2-4H,1H3. The first-order chi connectivity index (χ1) is 5.77. The van der Waals surface area contributed by atoms with Crippen molar-refractivity contribution in [2.75, 3.05) is 0 Å². The van der Waals surface area contributed by atoms with E-state index in [1.165, 1.54) is 0 Å². The van der Waals surface area contributed by atoms with Crippen LogP contribution < -0.4 is 0 Å². The van der Waals surface area contributed by atoms with Crippen molar-refractivity contribution < 1.29 is 0 Å². The summed E-state index contributed by atoms with van der Waals surface area (Å²) in [5.41, 5.74) is 2.65. The number of benzene rings is 1. The van der Waals surface area contributed by atoms with E-state index in [1.54, 1.807) is 0 Å². The number of aryl methyl sites for hydroxylation is 1. The molecule has 2 rings (SSSR count). The minimum atomic E-state index is 0.188. The Morgan fingerprint density at radius 1 is 1.25 bits per heavy atom. The minimum absolute atomic E-state index is 0.188. The Morgan fingerprint density at radius 3 is 2.92 bits per heavy atom. The monoisotopic (exact) mass is 179 g/mol. The van der Waals surface area contributed by atoms with E-state index in [4.69, 9.17) is 11.6 Å². The lowest BCUT2D eigenvalue weighted by Gasteiger charge is -1.97. The first kappa shape index (κ1) is 7.43. The maximum atomic E-state index is 5.59. The smallest absolute Gasteiger partial charge is 0.215 e. The van der Waals surface area contributed by atoms with Gasteiger partial charge < -0.3 is 0 Å². The van der Waals surface area contributed by atoms with Crippen molar-refractivity contribution in [3.05, 3.63) is 29.0 Å². The second-order valence-corrected chi connectivity index (χ2v) is 2.86. The third-order valence-electron chi connectivity index (χ3n) is 1.66. The topological polar surface area (TPSA) is 38.7 Å². The van der Waals surface area contributed by atoms with E-state index in [1.807, 2.05) is 25.1 Å². The molecule has 0 unspecified atom stereocenters. The van der Waals surface area contributed by atoms with Gasteiger partial charge in [-0.3, -0.25) is 0 Å². The molecule has 0 aliphatic rings. The van der Waals surface area contributed by atoms with Crippen LogP contribution in [-0.2, 0) is 0 Å². The van der Waals surface area contributed by atoms with Crippen LogP contribution in [0.4, 0.5) is 0 Å². The molecule has 1 aromatic carbocycles. The van der Waals surface area contributed by atoms with Gasteiger partial charge in [-0.25, -0.2) is 4.98 Å². The third-order valence-corrected chi connectivity index (χ3v) is 1.82. The van der Waals surface area contributed by atoms with Crippen LogP contribution >= 0.6 is 11.6 Å². The Labute approximate surface area is 74.4 Å². The van der Waals surface area contributed by atoms with E-state index in [-0.39, 0.29) is 5.28 Å². The molecule has 60 valence electrons. The largest absolute Gasteiger partial charge is 0.243 e. The van der Waals surface area contributed by atoms with Crippen LogP contribution in [0, 0.1) is 6.92 Å². The molecule has 4 heteroatoms. The Hall–Kier alpha value is -1.22. The van der Waals surface area contributed by atoms with E-state index in [0.717, 1.165) is 16.6 Å². The van der Waals surface area contributed by atoms with E-state index in [2.05, 4.69) is 15.2 Å². The number of hydrogen-bond acceptors (Lipinski definition) is 3. The second-order valence-electron chi connectivity index (χ2n) is 2.52. The highest BCUT2D eigenvalue weighted by Gasteiger charge is 2.00. The summed E-state index contributed by atoms with van der Waals surface area (Å²) < 4.78 is 0. The van der Waals surface area contributed by atoms with Crippen molar-refractivity contribution in [3.8, 4) is 0 Å². The molecule has 0 spiro atoms. The molecule has 0 fully saturated rings. The summed E-state index contributed by atoms with van der Waals surface area (Å²) >= 11 is 5.59. The fourth-order valence-electron chi connectivity index (χ4n) is 1.08. The highest BCUT2D eigenvalue weighted by Crippen LogP contribution is 2.13. The molecular weight excluding hydrogens is 174 g/mol. The van der Waals surface area contributed by atoms with Gasteiger partial charge in [0.05, 0.1) is 5.52 Å². The lowest BCUT2D eigenvalue weighted by molar-refractivity contribution is 1.02. The zero-order chi connectivity index (χ0) is 8.55. The van der Waals surface area contributed by atoms with Gasteiger partial charge in [0.25, 0.3) is 0 Å². The first-order valence-electron chi connectivity index (χ1n) is 3.53. The van der Waals surface area contributed by atoms with E-state index >= 15 is 0 Å². The Balaban J connectivity index is 2.86. The van der Waals surface area contributed by atoms with Gasteiger partial charge in [0.2, 0.25) is 5.28 Å². The molecule has 2 aromatic rings. The number of hydrogen-bond donors (Lipinski definition) is 0. The molecule has 0 amide bonds. The molecule has 1 aromatic heterocycles. The summed E-state index contributed by atoms with van der Waals surface area (Å²) in [5.74, 6) is 0. The van der Waals surface area contributed by atoms with Crippen molar-refractivity contribution in [2.24, 2.45) is 0 Å². The predicted molar refractivity (Wildman–Crippen MR) is 47.1 cm³/mol.